The molecule has 0 saturated heterocycles. The van der Waals surface area contributed by atoms with Crippen LogP contribution in [0.25, 0.3) is 16.3 Å². The predicted molar refractivity (Wildman–Crippen MR) is 215 cm³/mol. The smallest absolute Gasteiger partial charge is 0.263 e. The first-order valence-electron chi connectivity index (χ1n) is 17.1. The number of ether oxygens (including phenoxy) is 3. The van der Waals surface area contributed by atoms with E-state index in [-0.39, 0.29) is 10.3 Å². The molecular weight excluding hydrogens is 733 g/mol. The fourth-order valence-corrected chi connectivity index (χ4v) is 10.2. The highest BCUT2D eigenvalue weighted by molar-refractivity contribution is 8.03. The van der Waals surface area contributed by atoms with E-state index < -0.39 is 10.1 Å². The molecule has 0 fully saturated rings. The third-order valence-electron chi connectivity index (χ3n) is 9.31. The number of thiazole rings is 1. The molecule has 1 aliphatic heterocycles. The summed E-state index contributed by atoms with van der Waals surface area (Å²) in [5, 5.41) is 2.55. The van der Waals surface area contributed by atoms with Gasteiger partial charge < -0.3 is 23.7 Å². The Labute approximate surface area is 321 Å². The number of anilines is 1. The molecule has 1 aromatic heterocycles. The van der Waals surface area contributed by atoms with Gasteiger partial charge in [0.2, 0.25) is 5.52 Å². The van der Waals surface area contributed by atoms with Crippen LogP contribution < -0.4 is 23.7 Å². The van der Waals surface area contributed by atoms with Crippen molar-refractivity contribution >= 4 is 67.0 Å². The Kier molecular flexibility index (Phi) is 12.5. The highest BCUT2D eigenvalue weighted by Gasteiger charge is 2.32. The minimum absolute atomic E-state index is 0.167. The molecule has 4 aromatic rings. The number of aryl methyl sites for hydroxylation is 2. The third-order valence-corrected chi connectivity index (χ3v) is 13.1. The molecule has 2 heterocycles. The average molecular weight is 781 g/mol. The highest BCUT2D eigenvalue weighted by Crippen LogP contribution is 2.51. The van der Waals surface area contributed by atoms with Gasteiger partial charge in [-0.3, -0.25) is 0 Å². The summed E-state index contributed by atoms with van der Waals surface area (Å²) in [7, 11) is 0.882. The summed E-state index contributed by atoms with van der Waals surface area (Å²) < 4.78 is 51.7. The van der Waals surface area contributed by atoms with E-state index in [0.717, 1.165) is 48.7 Å². The van der Waals surface area contributed by atoms with Crippen molar-refractivity contribution in [2.45, 2.75) is 75.6 Å². The number of benzene rings is 3. The number of fused-ring (bicyclic) bond motifs is 2. The summed E-state index contributed by atoms with van der Waals surface area (Å²) in [5.41, 5.74) is 7.74. The number of thioether (sulfide) groups is 2. The van der Waals surface area contributed by atoms with Crippen LogP contribution in [0.15, 0.2) is 91.0 Å². The van der Waals surface area contributed by atoms with Crippen molar-refractivity contribution in [2.75, 3.05) is 39.0 Å². The van der Waals surface area contributed by atoms with Gasteiger partial charge in [0, 0.05) is 29.6 Å². The van der Waals surface area contributed by atoms with Crippen LogP contribution in [0, 0.1) is 12.3 Å². The second kappa shape index (κ2) is 16.3. The second-order valence-corrected chi connectivity index (χ2v) is 17.8. The lowest BCUT2D eigenvalue weighted by molar-refractivity contribution is -0.665. The number of methoxy groups -OCH3 is 3. The van der Waals surface area contributed by atoms with Crippen molar-refractivity contribution in [3.63, 3.8) is 0 Å². The normalized spacial score (nSPS) is 17.0. The van der Waals surface area contributed by atoms with Gasteiger partial charge in [-0.05, 0) is 93.2 Å². The fraction of sp³-hybridized carbons (Fsp3) is 0.375. The Bertz CT molecular complexity index is 2170. The summed E-state index contributed by atoms with van der Waals surface area (Å²) in [4.78, 5) is 4.73. The summed E-state index contributed by atoms with van der Waals surface area (Å²) in [6.07, 6.45) is 9.08. The lowest BCUT2D eigenvalue weighted by atomic mass is 9.72. The molecule has 0 atom stereocenters. The van der Waals surface area contributed by atoms with Gasteiger partial charge >= 0.3 is 0 Å². The van der Waals surface area contributed by atoms with E-state index >= 15 is 0 Å². The largest absolute Gasteiger partial charge is 0.744 e. The van der Waals surface area contributed by atoms with Crippen LogP contribution in [0.3, 0.4) is 0 Å². The number of aromatic nitrogens is 1. The van der Waals surface area contributed by atoms with E-state index in [0.29, 0.717) is 0 Å². The van der Waals surface area contributed by atoms with Gasteiger partial charge in [0.05, 0.1) is 47.9 Å². The topological polar surface area (TPSA) is 92.0 Å². The number of hydrogen-bond acceptors (Lipinski definition) is 10. The van der Waals surface area contributed by atoms with Gasteiger partial charge in [-0.1, -0.05) is 54.6 Å². The Balaban J connectivity index is 0.000000407. The first-order chi connectivity index (χ1) is 24.7. The number of hydrogen-bond donors (Lipinski definition) is 0. The first-order valence-corrected chi connectivity index (χ1v) is 21.4. The molecule has 278 valence electrons. The maximum absolute atomic E-state index is 10.4. The van der Waals surface area contributed by atoms with Crippen molar-refractivity contribution in [1.82, 2.24) is 0 Å². The average Bonchev–Trinajstić information content (AvgIpc) is 3.63. The van der Waals surface area contributed by atoms with E-state index in [1.807, 2.05) is 30.0 Å². The predicted octanol–water partition coefficient (Wildman–Crippen LogP) is 9.85. The van der Waals surface area contributed by atoms with Gasteiger partial charge in [-0.25, -0.2) is 8.42 Å². The van der Waals surface area contributed by atoms with Gasteiger partial charge in [0.25, 0.3) is 5.01 Å². The Morgan fingerprint density at radius 2 is 1.60 bits per heavy atom. The summed E-state index contributed by atoms with van der Waals surface area (Å²) in [6, 6.07) is 14.5. The van der Waals surface area contributed by atoms with E-state index in [1.165, 1.54) is 64.6 Å². The first kappa shape index (κ1) is 39.8. The van der Waals surface area contributed by atoms with Crippen LogP contribution in [-0.2, 0) is 16.7 Å². The van der Waals surface area contributed by atoms with E-state index in [2.05, 4.69) is 86.8 Å². The maximum Gasteiger partial charge on any atom is 0.263 e. The fourth-order valence-electron chi connectivity index (χ4n) is 6.61. The minimum atomic E-state index is -4.27. The van der Waals surface area contributed by atoms with Crippen molar-refractivity contribution in [2.24, 2.45) is 5.41 Å². The molecular formula is C40H48N2O6S4. The molecule has 6 rings (SSSR count). The van der Waals surface area contributed by atoms with Crippen molar-refractivity contribution in [3.8, 4) is 17.2 Å². The number of nitrogens with zero attached hydrogens (tertiary/aromatic N) is 2. The molecule has 8 nitrogen and oxygen atoms in total. The quantitative estimate of drug-likeness (QED) is 0.0935. The van der Waals surface area contributed by atoms with E-state index in [4.69, 9.17) is 14.2 Å². The van der Waals surface area contributed by atoms with E-state index in [1.54, 1.807) is 45.2 Å². The Hall–Kier alpha value is -3.42. The molecule has 0 radical (unpaired) electrons. The molecule has 0 unspecified atom stereocenters. The SMILES string of the molecule is CCN1/C(=C/C2=C(C)C(=C/c3sc4cc(OC)c(OC)cc4[n+]3CC)/CC(C)(C)C2)Sc2cc(SC)c(OC)cc21.Cc1ccc(S(=O)(=O)[O-])cc1. The summed E-state index contributed by atoms with van der Waals surface area (Å²) >= 11 is 5.42. The molecule has 0 N–H and O–H groups in total. The number of allylic oxidation sites excluding steroid dienone is 4. The van der Waals surface area contributed by atoms with Crippen LogP contribution >= 0.6 is 34.9 Å². The molecule has 2 aliphatic rings. The molecule has 0 bridgehead atoms. The zero-order valence-corrected chi connectivity index (χ0v) is 34.8. The molecule has 1 aliphatic carbocycles. The zero-order valence-electron chi connectivity index (χ0n) is 31.6. The molecule has 0 amide bonds. The molecule has 3 aromatic carbocycles. The summed E-state index contributed by atoms with van der Waals surface area (Å²) in [5.74, 6) is 2.48. The van der Waals surface area contributed by atoms with Crippen molar-refractivity contribution in [1.29, 1.82) is 0 Å². The maximum atomic E-state index is 10.4. The zero-order chi connectivity index (χ0) is 38.0. The van der Waals surface area contributed by atoms with Crippen molar-refractivity contribution in [3.05, 3.63) is 86.9 Å². The standard InChI is InChI=1S/C33H41N2O3S3.C7H8O3S/c1-10-34-23-14-25(36-6)26(37-7)16-28(23)40-31(34)12-21-18-33(4,5)19-22(20(21)3)13-32-35(11-2)24-15-27(38-8)30(39-9)17-29(24)41-32;1-6-2-4-7(5-3-6)11(8,9)10/h12-17H,10-11,18-19H2,1-9H3;2-5H,1H3,(H,8,9,10)/q+1;/p-1. The molecule has 52 heavy (non-hydrogen) atoms. The summed E-state index contributed by atoms with van der Waals surface area (Å²) in [6.45, 7) is 15.2. The Morgan fingerprint density at radius 1 is 0.942 bits per heavy atom. The highest BCUT2D eigenvalue weighted by atomic mass is 32.2. The monoisotopic (exact) mass is 780 g/mol. The Morgan fingerprint density at radius 3 is 2.17 bits per heavy atom. The van der Waals surface area contributed by atoms with Crippen LogP contribution in [0.1, 0.15) is 58.0 Å². The molecule has 0 saturated carbocycles. The van der Waals surface area contributed by atoms with Gasteiger partial charge in [-0.2, -0.15) is 4.57 Å². The van der Waals surface area contributed by atoms with Gasteiger partial charge in [0.1, 0.15) is 27.1 Å². The lowest BCUT2D eigenvalue weighted by Crippen LogP contribution is -2.33. The van der Waals surface area contributed by atoms with Crippen LogP contribution in [0.2, 0.25) is 0 Å². The number of rotatable bonds is 9. The third kappa shape index (κ3) is 8.52. The second-order valence-electron chi connectivity index (χ2n) is 13.5. The van der Waals surface area contributed by atoms with E-state index in [9.17, 15) is 13.0 Å². The van der Waals surface area contributed by atoms with Crippen LogP contribution in [0.4, 0.5) is 5.69 Å². The van der Waals surface area contributed by atoms with Crippen molar-refractivity contribution < 1.29 is 31.7 Å². The van der Waals surface area contributed by atoms with Crippen LogP contribution in [0.5, 0.6) is 17.2 Å². The van der Waals surface area contributed by atoms with Gasteiger partial charge in [0.15, 0.2) is 11.5 Å². The molecule has 12 heteroatoms. The minimum Gasteiger partial charge on any atom is -0.744 e. The lowest BCUT2D eigenvalue weighted by Gasteiger charge is -2.33. The molecule has 0 spiro atoms. The van der Waals surface area contributed by atoms with Crippen LogP contribution in [-0.4, -0.2) is 47.1 Å². The van der Waals surface area contributed by atoms with Gasteiger partial charge in [-0.15, -0.1) is 11.8 Å².